The molecule has 0 spiro atoms. The molecular weight excluding hydrogens is 288 g/mol. The molecule has 1 nitrogen and oxygen atoms in total. The Morgan fingerprint density at radius 2 is 1.94 bits per heavy atom. The van der Waals surface area contributed by atoms with Crippen LogP contribution in [0.5, 0.6) is 0 Å². The second-order valence-corrected chi connectivity index (χ2v) is 6.69. The van der Waals surface area contributed by atoms with E-state index >= 15 is 0 Å². The lowest BCUT2D eigenvalue weighted by Gasteiger charge is -2.23. The van der Waals surface area contributed by atoms with Crippen molar-refractivity contribution in [2.45, 2.75) is 49.3 Å². The molecule has 0 radical (unpaired) electrons. The highest BCUT2D eigenvalue weighted by atomic mass is 79.9. The van der Waals surface area contributed by atoms with Crippen molar-refractivity contribution in [3.05, 3.63) is 34.9 Å². The summed E-state index contributed by atoms with van der Waals surface area (Å²) < 4.78 is 5.63. The molecule has 1 aliphatic carbocycles. The quantitative estimate of drug-likeness (QED) is 0.681. The van der Waals surface area contributed by atoms with E-state index in [1.165, 1.54) is 43.2 Å². The van der Waals surface area contributed by atoms with Gasteiger partial charge in [0, 0.05) is 0 Å². The van der Waals surface area contributed by atoms with Gasteiger partial charge in [-0.15, -0.1) is 0 Å². The van der Waals surface area contributed by atoms with Crippen molar-refractivity contribution < 1.29 is 4.74 Å². The molecule has 1 aromatic carbocycles. The summed E-state index contributed by atoms with van der Waals surface area (Å²) in [6, 6.07) is 7.14. The van der Waals surface area contributed by atoms with Gasteiger partial charge in [0.1, 0.15) is 0 Å². The van der Waals surface area contributed by atoms with Crippen LogP contribution in [0.2, 0.25) is 0 Å². The number of hydrogen-bond donors (Lipinski definition) is 0. The van der Waals surface area contributed by atoms with Crippen LogP contribution in [0, 0.1) is 0 Å². The maximum atomic E-state index is 5.63. The molecule has 1 fully saturated rings. The van der Waals surface area contributed by atoms with Gasteiger partial charge in [-0.05, 0) is 41.9 Å². The Balaban J connectivity index is 1.88. The van der Waals surface area contributed by atoms with E-state index in [2.05, 4.69) is 34.1 Å². The van der Waals surface area contributed by atoms with Gasteiger partial charge in [0.05, 0.1) is 18.0 Å². The van der Waals surface area contributed by atoms with E-state index in [0.29, 0.717) is 4.83 Å². The summed E-state index contributed by atoms with van der Waals surface area (Å²) in [6.07, 6.45) is 8.05. The van der Waals surface area contributed by atoms with Gasteiger partial charge in [-0.1, -0.05) is 53.4 Å². The molecule has 98 valence electrons. The van der Waals surface area contributed by atoms with Crippen LogP contribution in [0.25, 0.3) is 0 Å². The third kappa shape index (κ3) is 2.65. The fourth-order valence-corrected chi connectivity index (χ4v) is 3.89. The van der Waals surface area contributed by atoms with Crippen molar-refractivity contribution in [1.82, 2.24) is 0 Å². The summed E-state index contributed by atoms with van der Waals surface area (Å²) in [5.41, 5.74) is 4.49. The van der Waals surface area contributed by atoms with Crippen molar-refractivity contribution in [3.63, 3.8) is 0 Å². The van der Waals surface area contributed by atoms with E-state index in [1.54, 1.807) is 5.56 Å². The number of ether oxygens (including phenoxy) is 1. The first-order valence-electron chi connectivity index (χ1n) is 7.19. The molecule has 1 heterocycles. The number of benzene rings is 1. The number of alkyl halides is 1. The van der Waals surface area contributed by atoms with E-state index in [9.17, 15) is 0 Å². The predicted molar refractivity (Wildman–Crippen MR) is 78.5 cm³/mol. The molecular formula is C16H21BrO. The summed E-state index contributed by atoms with van der Waals surface area (Å²) in [5, 5.41) is 0. The molecule has 0 bridgehead atoms. The fourth-order valence-electron chi connectivity index (χ4n) is 3.28. The van der Waals surface area contributed by atoms with Crippen LogP contribution < -0.4 is 0 Å². The molecule has 1 atom stereocenters. The van der Waals surface area contributed by atoms with Gasteiger partial charge in [0.2, 0.25) is 0 Å². The normalized spacial score (nSPS) is 25.5. The van der Waals surface area contributed by atoms with Crippen molar-refractivity contribution >= 4 is 15.9 Å². The van der Waals surface area contributed by atoms with E-state index in [-0.39, 0.29) is 0 Å². The lowest BCUT2D eigenvalue weighted by molar-refractivity contribution is 0.146. The molecule has 0 amide bonds. The fraction of sp³-hybridized carbons (Fsp3) is 0.625. The minimum Gasteiger partial charge on any atom is -0.380 e. The maximum Gasteiger partial charge on any atom is 0.0632 e. The van der Waals surface area contributed by atoms with Gasteiger partial charge in [-0.2, -0.15) is 0 Å². The minimum atomic E-state index is 0.374. The van der Waals surface area contributed by atoms with E-state index in [1.807, 2.05) is 0 Å². The Hall–Kier alpha value is -0.340. The van der Waals surface area contributed by atoms with Crippen LogP contribution in [-0.2, 0) is 11.2 Å². The van der Waals surface area contributed by atoms with Crippen molar-refractivity contribution in [2.24, 2.45) is 0 Å². The second-order valence-electron chi connectivity index (χ2n) is 5.59. The van der Waals surface area contributed by atoms with Crippen LogP contribution in [0.15, 0.2) is 18.2 Å². The molecule has 18 heavy (non-hydrogen) atoms. The smallest absolute Gasteiger partial charge is 0.0632 e. The zero-order valence-electron chi connectivity index (χ0n) is 10.8. The summed E-state index contributed by atoms with van der Waals surface area (Å²) in [5.74, 6) is 0.799. The van der Waals surface area contributed by atoms with Gasteiger partial charge >= 0.3 is 0 Å². The van der Waals surface area contributed by atoms with Gasteiger partial charge in [0.15, 0.2) is 0 Å². The summed E-state index contributed by atoms with van der Waals surface area (Å²) >= 11 is 3.77. The summed E-state index contributed by atoms with van der Waals surface area (Å²) in [4.78, 5) is 0.374. The van der Waals surface area contributed by atoms with Crippen molar-refractivity contribution in [1.29, 1.82) is 0 Å². The first kappa shape index (κ1) is 12.7. The van der Waals surface area contributed by atoms with Crippen molar-refractivity contribution in [2.75, 3.05) is 13.2 Å². The largest absolute Gasteiger partial charge is 0.380 e. The molecule has 1 aromatic rings. The second kappa shape index (κ2) is 5.75. The van der Waals surface area contributed by atoms with Gasteiger partial charge in [-0.25, -0.2) is 0 Å². The average molecular weight is 309 g/mol. The monoisotopic (exact) mass is 308 g/mol. The third-order valence-electron chi connectivity index (χ3n) is 4.36. The molecule has 1 aliphatic heterocycles. The van der Waals surface area contributed by atoms with Gasteiger partial charge in [-0.3, -0.25) is 0 Å². The Morgan fingerprint density at radius 3 is 2.78 bits per heavy atom. The van der Waals surface area contributed by atoms with E-state index in [4.69, 9.17) is 4.74 Å². The molecule has 2 heteroatoms. The number of halogens is 1. The highest BCUT2D eigenvalue weighted by molar-refractivity contribution is 9.09. The average Bonchev–Trinajstić information content (AvgIpc) is 2.62. The van der Waals surface area contributed by atoms with E-state index < -0.39 is 0 Å². The highest BCUT2D eigenvalue weighted by Gasteiger charge is 2.20. The van der Waals surface area contributed by atoms with Crippen LogP contribution in [0.4, 0.5) is 0 Å². The Bertz CT molecular complexity index is 410. The Morgan fingerprint density at radius 1 is 1.11 bits per heavy atom. The topological polar surface area (TPSA) is 9.23 Å². The molecule has 0 saturated heterocycles. The van der Waals surface area contributed by atoms with Crippen LogP contribution in [0.1, 0.15) is 59.5 Å². The first-order chi connectivity index (χ1) is 8.84. The number of hydrogen-bond acceptors (Lipinski definition) is 1. The Labute approximate surface area is 118 Å². The van der Waals surface area contributed by atoms with Crippen LogP contribution in [-0.4, -0.2) is 13.2 Å². The molecule has 1 saturated carbocycles. The molecule has 0 N–H and O–H groups in total. The standard InChI is InChI=1S/C16H21BrO/c17-16-11-18-9-8-13-6-7-14(10-15(13)16)12-4-2-1-3-5-12/h6-7,10,12,16H,1-5,8-9,11H2. The van der Waals surface area contributed by atoms with Gasteiger partial charge in [0.25, 0.3) is 0 Å². The van der Waals surface area contributed by atoms with Crippen molar-refractivity contribution in [3.8, 4) is 0 Å². The predicted octanol–water partition coefficient (Wildman–Crippen LogP) is 4.74. The maximum absolute atomic E-state index is 5.63. The SMILES string of the molecule is BrC1COCCc2ccc(C3CCCCC3)cc21. The molecule has 3 rings (SSSR count). The molecule has 2 aliphatic rings. The van der Waals surface area contributed by atoms with Gasteiger partial charge < -0.3 is 4.74 Å². The summed E-state index contributed by atoms with van der Waals surface area (Å²) in [6.45, 7) is 1.67. The number of fused-ring (bicyclic) bond motifs is 1. The Kier molecular flexibility index (Phi) is 4.05. The van der Waals surface area contributed by atoms with Crippen LogP contribution >= 0.6 is 15.9 Å². The lowest BCUT2D eigenvalue weighted by atomic mass is 9.83. The molecule has 1 unspecified atom stereocenters. The van der Waals surface area contributed by atoms with Crippen LogP contribution in [0.3, 0.4) is 0 Å². The zero-order valence-corrected chi connectivity index (χ0v) is 12.4. The van der Waals surface area contributed by atoms with E-state index in [0.717, 1.165) is 25.6 Å². The highest BCUT2D eigenvalue weighted by Crippen LogP contribution is 2.36. The zero-order chi connectivity index (χ0) is 12.4. The lowest BCUT2D eigenvalue weighted by Crippen LogP contribution is -2.06. The molecule has 0 aromatic heterocycles. The third-order valence-corrected chi connectivity index (χ3v) is 5.12. The summed E-state index contributed by atoms with van der Waals surface area (Å²) in [7, 11) is 0. The first-order valence-corrected chi connectivity index (χ1v) is 8.10. The minimum absolute atomic E-state index is 0.374. The number of rotatable bonds is 1.